The number of rotatable bonds is 2. The fourth-order valence-corrected chi connectivity index (χ4v) is 1.31. The quantitative estimate of drug-likeness (QED) is 0.553. The third kappa shape index (κ3) is 2.65. The van der Waals surface area contributed by atoms with Gasteiger partial charge in [0, 0.05) is 0 Å². The molecule has 84 valence electrons. The zero-order chi connectivity index (χ0) is 10.9. The minimum Gasteiger partial charge on any atom is -0.394 e. The molecule has 0 aromatic carbocycles. The van der Waals surface area contributed by atoms with Crippen molar-refractivity contribution in [3.63, 3.8) is 0 Å². The van der Waals surface area contributed by atoms with E-state index in [0.717, 1.165) is 0 Å². The highest BCUT2D eigenvalue weighted by Gasteiger charge is 2.44. The monoisotopic (exact) mass is 206 g/mol. The molecule has 0 radical (unpaired) electrons. The maximum Gasteiger partial charge on any atom is 0.187 e. The van der Waals surface area contributed by atoms with Gasteiger partial charge in [-0.15, -0.1) is 0 Å². The van der Waals surface area contributed by atoms with E-state index in [4.69, 9.17) is 14.6 Å². The second-order valence-electron chi connectivity index (χ2n) is 4.44. The molecular formula is C9H18O5. The summed E-state index contributed by atoms with van der Waals surface area (Å²) in [6.45, 7) is 5.13. The Labute approximate surface area is 83.3 Å². The van der Waals surface area contributed by atoms with Crippen LogP contribution in [0.2, 0.25) is 0 Å². The lowest BCUT2D eigenvalue weighted by atomic mass is 10.1. The highest BCUT2D eigenvalue weighted by molar-refractivity contribution is 4.87. The van der Waals surface area contributed by atoms with Gasteiger partial charge in [0.1, 0.15) is 18.3 Å². The predicted octanol–water partition coefficient (Wildman–Crippen LogP) is -0.760. The molecule has 0 aromatic rings. The molecule has 0 amide bonds. The molecule has 3 N–H and O–H groups in total. The third-order valence-electron chi connectivity index (χ3n) is 1.97. The number of hydrogen-bond donors (Lipinski definition) is 3. The van der Waals surface area contributed by atoms with Crippen LogP contribution >= 0.6 is 0 Å². The van der Waals surface area contributed by atoms with Crippen LogP contribution in [0.15, 0.2) is 0 Å². The molecule has 0 aromatic heterocycles. The van der Waals surface area contributed by atoms with E-state index in [0.29, 0.717) is 0 Å². The summed E-state index contributed by atoms with van der Waals surface area (Å²) in [5, 5.41) is 27.7. The summed E-state index contributed by atoms with van der Waals surface area (Å²) < 4.78 is 10.5. The first-order chi connectivity index (χ1) is 6.35. The van der Waals surface area contributed by atoms with Crippen LogP contribution in [0.3, 0.4) is 0 Å². The van der Waals surface area contributed by atoms with E-state index in [1.165, 1.54) is 0 Å². The first-order valence-electron chi connectivity index (χ1n) is 4.65. The fraction of sp³-hybridized carbons (Fsp3) is 1.00. The van der Waals surface area contributed by atoms with Crippen molar-refractivity contribution in [1.29, 1.82) is 0 Å². The van der Waals surface area contributed by atoms with Gasteiger partial charge in [0.2, 0.25) is 0 Å². The van der Waals surface area contributed by atoms with Crippen molar-refractivity contribution >= 4 is 0 Å². The smallest absolute Gasteiger partial charge is 0.187 e. The summed E-state index contributed by atoms with van der Waals surface area (Å²) in [4.78, 5) is 0. The summed E-state index contributed by atoms with van der Waals surface area (Å²) in [5.41, 5.74) is -0.463. The second-order valence-corrected chi connectivity index (χ2v) is 4.44. The van der Waals surface area contributed by atoms with Crippen molar-refractivity contribution in [2.75, 3.05) is 6.61 Å². The highest BCUT2D eigenvalue weighted by atomic mass is 16.7. The van der Waals surface area contributed by atoms with Crippen molar-refractivity contribution in [2.45, 2.75) is 51.0 Å². The van der Waals surface area contributed by atoms with E-state index in [1.54, 1.807) is 0 Å². The normalized spacial score (nSPS) is 39.0. The van der Waals surface area contributed by atoms with E-state index < -0.39 is 30.2 Å². The largest absolute Gasteiger partial charge is 0.394 e. The van der Waals surface area contributed by atoms with Gasteiger partial charge in [-0.25, -0.2) is 0 Å². The Hall–Kier alpha value is -0.200. The Morgan fingerprint density at radius 3 is 2.14 bits per heavy atom. The summed E-state index contributed by atoms with van der Waals surface area (Å²) in [6.07, 6.45) is -3.83. The Kier molecular flexibility index (Phi) is 3.49. The Morgan fingerprint density at radius 1 is 1.21 bits per heavy atom. The molecule has 1 heterocycles. The van der Waals surface area contributed by atoms with Gasteiger partial charge in [-0.3, -0.25) is 0 Å². The third-order valence-corrected chi connectivity index (χ3v) is 1.97. The molecule has 5 nitrogen and oxygen atoms in total. The molecular weight excluding hydrogens is 188 g/mol. The van der Waals surface area contributed by atoms with E-state index in [2.05, 4.69) is 0 Å². The van der Waals surface area contributed by atoms with Crippen LogP contribution in [0.1, 0.15) is 20.8 Å². The molecule has 1 saturated heterocycles. The molecule has 2 unspecified atom stereocenters. The highest BCUT2D eigenvalue weighted by Crippen LogP contribution is 2.25. The van der Waals surface area contributed by atoms with E-state index in [-0.39, 0.29) is 6.61 Å². The Balaban J connectivity index is 2.57. The van der Waals surface area contributed by atoms with Gasteiger partial charge in [-0.1, -0.05) is 0 Å². The maximum atomic E-state index is 9.51. The predicted molar refractivity (Wildman–Crippen MR) is 48.6 cm³/mol. The average Bonchev–Trinajstić information content (AvgIpc) is 2.30. The van der Waals surface area contributed by atoms with Gasteiger partial charge in [0.25, 0.3) is 0 Å². The molecule has 1 fully saturated rings. The molecule has 0 saturated carbocycles. The molecule has 1 rings (SSSR count). The van der Waals surface area contributed by atoms with Crippen molar-refractivity contribution < 1.29 is 24.8 Å². The van der Waals surface area contributed by atoms with Crippen LogP contribution in [-0.4, -0.2) is 52.1 Å². The lowest BCUT2D eigenvalue weighted by Crippen LogP contribution is -2.37. The molecule has 5 heteroatoms. The second kappa shape index (κ2) is 4.12. The minimum absolute atomic E-state index is 0.331. The van der Waals surface area contributed by atoms with Gasteiger partial charge < -0.3 is 24.8 Å². The molecule has 1 aliphatic heterocycles. The van der Waals surface area contributed by atoms with Gasteiger partial charge in [-0.05, 0) is 20.8 Å². The molecule has 0 bridgehead atoms. The van der Waals surface area contributed by atoms with Crippen molar-refractivity contribution in [1.82, 2.24) is 0 Å². The van der Waals surface area contributed by atoms with Crippen LogP contribution in [-0.2, 0) is 9.47 Å². The lowest BCUT2D eigenvalue weighted by Gasteiger charge is -2.26. The van der Waals surface area contributed by atoms with Gasteiger partial charge in [0.15, 0.2) is 6.29 Å². The SMILES string of the molecule is CC(C)(C)O[C@@H]1O[C@@H](CO)C(O)C1O. The molecule has 14 heavy (non-hydrogen) atoms. The standard InChI is InChI=1S/C9H18O5/c1-9(2,3)14-8-7(12)6(11)5(4-10)13-8/h5-8,10-12H,4H2,1-3H3/t5-,6?,7?,8-/m0/s1. The van der Waals surface area contributed by atoms with Crippen molar-refractivity contribution in [3.8, 4) is 0 Å². The van der Waals surface area contributed by atoms with Crippen LogP contribution in [0.25, 0.3) is 0 Å². The first kappa shape index (κ1) is 11.9. The van der Waals surface area contributed by atoms with Gasteiger partial charge in [0.05, 0.1) is 12.2 Å². The maximum absolute atomic E-state index is 9.51. The summed E-state index contributed by atoms with van der Waals surface area (Å²) in [6, 6.07) is 0. The lowest BCUT2D eigenvalue weighted by molar-refractivity contribution is -0.214. The number of hydrogen-bond acceptors (Lipinski definition) is 5. The van der Waals surface area contributed by atoms with E-state index >= 15 is 0 Å². The van der Waals surface area contributed by atoms with Crippen molar-refractivity contribution in [3.05, 3.63) is 0 Å². The van der Waals surface area contributed by atoms with Crippen LogP contribution in [0.4, 0.5) is 0 Å². The molecule has 1 aliphatic rings. The number of aliphatic hydroxyl groups excluding tert-OH is 3. The zero-order valence-corrected chi connectivity index (χ0v) is 8.67. The van der Waals surface area contributed by atoms with Crippen molar-refractivity contribution in [2.24, 2.45) is 0 Å². The van der Waals surface area contributed by atoms with Crippen LogP contribution in [0.5, 0.6) is 0 Å². The average molecular weight is 206 g/mol. The molecule has 0 aliphatic carbocycles. The zero-order valence-electron chi connectivity index (χ0n) is 8.67. The number of aliphatic hydroxyl groups is 3. The van der Waals surface area contributed by atoms with Crippen LogP contribution in [0, 0.1) is 0 Å². The van der Waals surface area contributed by atoms with E-state index in [9.17, 15) is 10.2 Å². The minimum atomic E-state index is -1.11. The molecule has 4 atom stereocenters. The topological polar surface area (TPSA) is 79.2 Å². The first-order valence-corrected chi connectivity index (χ1v) is 4.65. The molecule has 0 spiro atoms. The summed E-state index contributed by atoms with van der Waals surface area (Å²) in [7, 11) is 0. The summed E-state index contributed by atoms with van der Waals surface area (Å²) >= 11 is 0. The number of ether oxygens (including phenoxy) is 2. The summed E-state index contributed by atoms with van der Waals surface area (Å²) in [5.74, 6) is 0. The fourth-order valence-electron chi connectivity index (χ4n) is 1.31. The van der Waals surface area contributed by atoms with Gasteiger partial charge >= 0.3 is 0 Å². The Morgan fingerprint density at radius 2 is 1.79 bits per heavy atom. The van der Waals surface area contributed by atoms with Crippen LogP contribution < -0.4 is 0 Å². The van der Waals surface area contributed by atoms with Gasteiger partial charge in [-0.2, -0.15) is 0 Å². The Bertz CT molecular complexity index is 188. The van der Waals surface area contributed by atoms with E-state index in [1.807, 2.05) is 20.8 Å².